The van der Waals surface area contributed by atoms with Gasteiger partial charge in [0.05, 0.1) is 19.2 Å². The van der Waals surface area contributed by atoms with Gasteiger partial charge in [0.1, 0.15) is 16.8 Å². The second-order valence-electron chi connectivity index (χ2n) is 7.30. The Bertz CT molecular complexity index is 1130. The molecule has 1 amide bonds. The number of hydrogen-bond acceptors (Lipinski definition) is 5. The Morgan fingerprint density at radius 1 is 1.19 bits per heavy atom. The molecular formula is C24H22N2O4S. The Hall–Kier alpha value is -3.45. The van der Waals surface area contributed by atoms with E-state index < -0.39 is 12.0 Å². The summed E-state index contributed by atoms with van der Waals surface area (Å²) in [5.74, 6) is -0.638. The third-order valence-corrected chi connectivity index (χ3v) is 6.16. The Morgan fingerprint density at radius 2 is 1.97 bits per heavy atom. The molecule has 4 rings (SSSR count). The Kier molecular flexibility index (Phi) is 6.13. The number of nitrogens with one attached hydrogen (secondary N) is 1. The molecular weight excluding hydrogens is 412 g/mol. The summed E-state index contributed by atoms with van der Waals surface area (Å²) in [6.07, 6.45) is 3.12. The van der Waals surface area contributed by atoms with E-state index in [4.69, 9.17) is 4.74 Å². The van der Waals surface area contributed by atoms with Crippen molar-refractivity contribution in [1.29, 1.82) is 0 Å². The molecule has 0 fully saturated rings. The van der Waals surface area contributed by atoms with E-state index in [1.54, 1.807) is 7.11 Å². The first-order valence-corrected chi connectivity index (χ1v) is 10.8. The number of thiazole rings is 1. The lowest BCUT2D eigenvalue weighted by atomic mass is 9.99. The molecule has 1 aliphatic carbocycles. The van der Waals surface area contributed by atoms with Crippen LogP contribution < -0.4 is 10.1 Å². The average Bonchev–Trinajstić information content (AvgIpc) is 3.40. The molecule has 1 atom stereocenters. The molecule has 6 nitrogen and oxygen atoms in total. The van der Waals surface area contributed by atoms with Crippen LogP contribution in [0.2, 0.25) is 0 Å². The van der Waals surface area contributed by atoms with Crippen LogP contribution in [0.3, 0.4) is 0 Å². The minimum absolute atomic E-state index is 0.0338. The molecule has 2 N–H and O–H groups in total. The van der Waals surface area contributed by atoms with Crippen LogP contribution in [0.1, 0.15) is 23.2 Å². The van der Waals surface area contributed by atoms with Gasteiger partial charge in [0.2, 0.25) is 5.91 Å². The van der Waals surface area contributed by atoms with Crippen LogP contribution >= 0.6 is 11.3 Å². The fourth-order valence-electron chi connectivity index (χ4n) is 3.63. The van der Waals surface area contributed by atoms with Crippen LogP contribution in [0.15, 0.2) is 60.0 Å². The summed E-state index contributed by atoms with van der Waals surface area (Å²) in [5, 5.41) is 14.9. The monoisotopic (exact) mass is 434 g/mol. The first-order valence-electron chi connectivity index (χ1n) is 9.92. The fourth-order valence-corrected chi connectivity index (χ4v) is 4.46. The summed E-state index contributed by atoms with van der Waals surface area (Å²) >= 11 is 1.44. The predicted molar refractivity (Wildman–Crippen MR) is 120 cm³/mol. The van der Waals surface area contributed by atoms with Crippen LogP contribution in [0.5, 0.6) is 5.75 Å². The van der Waals surface area contributed by atoms with Crippen LogP contribution in [0.25, 0.3) is 16.1 Å². The van der Waals surface area contributed by atoms with Gasteiger partial charge in [-0.15, -0.1) is 11.3 Å². The number of ether oxygens (including phenoxy) is 1. The number of carboxylic acids is 1. The van der Waals surface area contributed by atoms with Gasteiger partial charge in [0, 0.05) is 17.4 Å². The molecule has 0 saturated heterocycles. The standard InChI is InChI=1S/C24H22N2O4S/c1-30-19-10-8-16(9-11-19)23-25-18(14-31-23)13-22(27)26-21(24(28)29)12-17-7-6-15-4-2-3-5-20(15)17/h2-5,7-11,14,21H,6,12-13H2,1H3,(H,26,27)(H,28,29)/t21-/m0/s1. The topological polar surface area (TPSA) is 88.5 Å². The SMILES string of the molecule is COc1ccc(-c2nc(CC(=O)N[C@@H](CC3=CCc4ccccc43)C(=O)O)cs2)cc1. The van der Waals surface area contributed by atoms with Gasteiger partial charge in [-0.05, 0) is 47.4 Å². The lowest BCUT2D eigenvalue weighted by Gasteiger charge is -2.16. The highest BCUT2D eigenvalue weighted by molar-refractivity contribution is 7.13. The summed E-state index contributed by atoms with van der Waals surface area (Å²) in [4.78, 5) is 28.8. The van der Waals surface area contributed by atoms with Crippen molar-refractivity contribution in [3.05, 3.63) is 76.8 Å². The van der Waals surface area contributed by atoms with Crippen LogP contribution in [-0.4, -0.2) is 35.1 Å². The molecule has 0 spiro atoms. The number of allylic oxidation sites excluding steroid dienone is 1. The molecule has 1 aliphatic rings. The number of amides is 1. The van der Waals surface area contributed by atoms with Crippen molar-refractivity contribution < 1.29 is 19.4 Å². The van der Waals surface area contributed by atoms with E-state index in [9.17, 15) is 14.7 Å². The van der Waals surface area contributed by atoms with Crippen molar-refractivity contribution in [1.82, 2.24) is 10.3 Å². The van der Waals surface area contributed by atoms with Crippen LogP contribution in [-0.2, 0) is 22.4 Å². The van der Waals surface area contributed by atoms with E-state index in [1.807, 2.05) is 60.0 Å². The quantitative estimate of drug-likeness (QED) is 0.560. The number of carboxylic acid groups (broad SMARTS) is 1. The molecule has 0 aliphatic heterocycles. The number of aromatic nitrogens is 1. The third-order valence-electron chi connectivity index (χ3n) is 5.22. The van der Waals surface area contributed by atoms with E-state index in [0.717, 1.165) is 33.9 Å². The normalized spacial score (nSPS) is 13.3. The maximum absolute atomic E-state index is 12.5. The summed E-state index contributed by atoms with van der Waals surface area (Å²) in [6.45, 7) is 0. The highest BCUT2D eigenvalue weighted by Gasteiger charge is 2.25. The van der Waals surface area contributed by atoms with Gasteiger partial charge >= 0.3 is 5.97 Å². The maximum atomic E-state index is 12.5. The van der Waals surface area contributed by atoms with Gasteiger partial charge in [0.25, 0.3) is 0 Å². The smallest absolute Gasteiger partial charge is 0.326 e. The number of aliphatic carboxylic acids is 1. The summed E-state index contributed by atoms with van der Waals surface area (Å²) < 4.78 is 5.16. The second-order valence-corrected chi connectivity index (χ2v) is 8.16. The maximum Gasteiger partial charge on any atom is 0.326 e. The second kappa shape index (κ2) is 9.14. The molecule has 1 aromatic heterocycles. The number of nitrogens with zero attached hydrogens (tertiary/aromatic N) is 1. The molecule has 2 aromatic carbocycles. The molecule has 158 valence electrons. The highest BCUT2D eigenvalue weighted by atomic mass is 32.1. The summed E-state index contributed by atoms with van der Waals surface area (Å²) in [6, 6.07) is 14.5. The number of benzene rings is 2. The number of methoxy groups -OCH3 is 1. The van der Waals surface area contributed by atoms with Crippen molar-refractivity contribution in [2.45, 2.75) is 25.3 Å². The van der Waals surface area contributed by atoms with Gasteiger partial charge in [0.15, 0.2) is 0 Å². The van der Waals surface area contributed by atoms with Crippen molar-refractivity contribution in [3.8, 4) is 16.3 Å². The van der Waals surface area contributed by atoms with Gasteiger partial charge in [-0.25, -0.2) is 9.78 Å². The summed E-state index contributed by atoms with van der Waals surface area (Å²) in [7, 11) is 1.61. The Morgan fingerprint density at radius 3 is 2.71 bits per heavy atom. The molecule has 31 heavy (non-hydrogen) atoms. The molecule has 0 unspecified atom stereocenters. The van der Waals surface area contributed by atoms with Gasteiger partial charge < -0.3 is 15.2 Å². The minimum atomic E-state index is -1.05. The van der Waals surface area contributed by atoms with E-state index in [-0.39, 0.29) is 18.7 Å². The molecule has 0 bridgehead atoms. The lowest BCUT2D eigenvalue weighted by molar-refractivity contribution is -0.141. The zero-order chi connectivity index (χ0) is 21.8. The first-order chi connectivity index (χ1) is 15.0. The summed E-state index contributed by atoms with van der Waals surface area (Å²) in [5.41, 5.74) is 4.75. The average molecular weight is 435 g/mol. The van der Waals surface area contributed by atoms with Crippen molar-refractivity contribution in [3.63, 3.8) is 0 Å². The minimum Gasteiger partial charge on any atom is -0.497 e. The third kappa shape index (κ3) is 4.83. The highest BCUT2D eigenvalue weighted by Crippen LogP contribution is 2.30. The lowest BCUT2D eigenvalue weighted by Crippen LogP contribution is -2.41. The van der Waals surface area contributed by atoms with Gasteiger partial charge in [-0.3, -0.25) is 4.79 Å². The Balaban J connectivity index is 1.39. The van der Waals surface area contributed by atoms with E-state index in [2.05, 4.69) is 10.3 Å². The number of fused-ring (bicyclic) bond motifs is 1. The van der Waals surface area contributed by atoms with Gasteiger partial charge in [-0.1, -0.05) is 30.3 Å². The van der Waals surface area contributed by atoms with Crippen LogP contribution in [0, 0.1) is 0 Å². The van der Waals surface area contributed by atoms with Crippen molar-refractivity contribution in [2.24, 2.45) is 0 Å². The van der Waals surface area contributed by atoms with Gasteiger partial charge in [-0.2, -0.15) is 0 Å². The van der Waals surface area contributed by atoms with Crippen molar-refractivity contribution >= 4 is 28.8 Å². The van der Waals surface area contributed by atoms with E-state index in [1.165, 1.54) is 16.9 Å². The first kappa shape index (κ1) is 20.8. The van der Waals surface area contributed by atoms with E-state index in [0.29, 0.717) is 5.69 Å². The Labute approximate surface area is 184 Å². The largest absolute Gasteiger partial charge is 0.497 e. The molecule has 0 radical (unpaired) electrons. The van der Waals surface area contributed by atoms with E-state index >= 15 is 0 Å². The number of rotatable bonds is 8. The molecule has 0 saturated carbocycles. The fraction of sp³-hybridized carbons (Fsp3) is 0.208. The zero-order valence-corrected chi connectivity index (χ0v) is 17.8. The molecule has 7 heteroatoms. The number of carbonyl (C=O) groups excluding carboxylic acids is 1. The number of carbonyl (C=O) groups is 2. The molecule has 3 aromatic rings. The molecule has 1 heterocycles. The van der Waals surface area contributed by atoms with Crippen molar-refractivity contribution in [2.75, 3.05) is 7.11 Å². The number of hydrogen-bond donors (Lipinski definition) is 2. The van der Waals surface area contributed by atoms with Crippen LogP contribution in [0.4, 0.5) is 0 Å². The zero-order valence-electron chi connectivity index (χ0n) is 17.0. The predicted octanol–water partition coefficient (Wildman–Crippen LogP) is 3.96.